The minimum absolute atomic E-state index is 0.00294. The van der Waals surface area contributed by atoms with Crippen molar-refractivity contribution < 1.29 is 19.1 Å². The summed E-state index contributed by atoms with van der Waals surface area (Å²) in [5.74, 6) is -0.279. The molecule has 0 atom stereocenters. The molecule has 0 unspecified atom stereocenters. The minimum atomic E-state index is -0.173. The Balaban J connectivity index is 2.37. The van der Waals surface area contributed by atoms with Crippen molar-refractivity contribution in [2.75, 3.05) is 34.0 Å². The first-order chi connectivity index (χ1) is 9.67. The first-order valence-electron chi connectivity index (χ1n) is 6.50. The molecule has 0 aliphatic heterocycles. The molecule has 1 rings (SSSR count). The van der Waals surface area contributed by atoms with Gasteiger partial charge in [0.25, 0.3) is 0 Å². The third-order valence-corrected chi connectivity index (χ3v) is 2.82. The van der Waals surface area contributed by atoms with Crippen molar-refractivity contribution in [1.82, 2.24) is 5.32 Å². The highest BCUT2D eigenvalue weighted by Crippen LogP contribution is 2.04. The van der Waals surface area contributed by atoms with Gasteiger partial charge in [-0.2, -0.15) is 0 Å². The fourth-order valence-electron chi connectivity index (χ4n) is 1.88. The number of carbonyl (C=O) groups is 2. The van der Waals surface area contributed by atoms with Crippen LogP contribution < -0.4 is 5.32 Å². The second-order valence-corrected chi connectivity index (χ2v) is 4.55. The summed E-state index contributed by atoms with van der Waals surface area (Å²) in [5.41, 5.74) is 0.595. The monoisotopic (exact) mass is 279 g/mol. The van der Waals surface area contributed by atoms with Crippen LogP contribution in [0.3, 0.4) is 0 Å². The lowest BCUT2D eigenvalue weighted by molar-refractivity contribution is -0.122. The Kier molecular flexibility index (Phi) is 7.54. The van der Waals surface area contributed by atoms with Gasteiger partial charge in [-0.05, 0) is 0 Å². The normalized spacial score (nSPS) is 10.6. The van der Waals surface area contributed by atoms with Crippen LogP contribution in [0.2, 0.25) is 0 Å². The number of Topliss-reactive ketones (excluding diaryl/α,β-unsaturated/α-hetero) is 1. The molecule has 0 aromatic heterocycles. The maximum Gasteiger partial charge on any atom is 0.220 e. The van der Waals surface area contributed by atoms with Gasteiger partial charge in [-0.3, -0.25) is 9.59 Å². The smallest absolute Gasteiger partial charge is 0.220 e. The van der Waals surface area contributed by atoms with E-state index in [1.807, 2.05) is 6.07 Å². The molecule has 1 aromatic rings. The van der Waals surface area contributed by atoms with Crippen molar-refractivity contribution >= 4 is 11.7 Å². The van der Waals surface area contributed by atoms with Crippen molar-refractivity contribution in [3.63, 3.8) is 0 Å². The second kappa shape index (κ2) is 9.23. The van der Waals surface area contributed by atoms with Crippen molar-refractivity contribution in [3.8, 4) is 0 Å². The predicted octanol–water partition coefficient (Wildman–Crippen LogP) is 1.28. The van der Waals surface area contributed by atoms with Crippen molar-refractivity contribution in [1.29, 1.82) is 0 Å². The Morgan fingerprint density at radius 3 is 2.25 bits per heavy atom. The van der Waals surface area contributed by atoms with Crippen LogP contribution in [0.5, 0.6) is 0 Å². The zero-order valence-corrected chi connectivity index (χ0v) is 11.9. The van der Waals surface area contributed by atoms with E-state index in [4.69, 9.17) is 9.47 Å². The highest BCUT2D eigenvalue weighted by atomic mass is 16.5. The van der Waals surface area contributed by atoms with Gasteiger partial charge in [-0.1, -0.05) is 30.3 Å². The van der Waals surface area contributed by atoms with Gasteiger partial charge in [-0.15, -0.1) is 0 Å². The summed E-state index contributed by atoms with van der Waals surface area (Å²) in [6.07, 6.45) is 0.281. The molecular formula is C15H21NO4. The van der Waals surface area contributed by atoms with Crippen LogP contribution in [0.25, 0.3) is 0 Å². The summed E-state index contributed by atoms with van der Waals surface area (Å²) in [5, 5.41) is 2.63. The number of methoxy groups -OCH3 is 2. The van der Waals surface area contributed by atoms with E-state index < -0.39 is 0 Å². The summed E-state index contributed by atoms with van der Waals surface area (Å²) >= 11 is 0. The molecule has 0 radical (unpaired) electrons. The molecule has 0 fully saturated rings. The standard InChI is InChI=1S/C15H21NO4/c1-19-10-12(11-20-2)8-15(18)16-9-14(17)13-6-4-3-5-7-13/h3-7,12H,8-11H2,1-2H3,(H,16,18). The number of nitrogens with one attached hydrogen (secondary N) is 1. The molecule has 0 aliphatic rings. The van der Waals surface area contributed by atoms with Crippen molar-refractivity contribution in [3.05, 3.63) is 35.9 Å². The summed E-state index contributed by atoms with van der Waals surface area (Å²) in [6.45, 7) is 0.914. The molecule has 0 bridgehead atoms. The quantitative estimate of drug-likeness (QED) is 0.692. The van der Waals surface area contributed by atoms with E-state index in [0.717, 1.165) is 0 Å². The van der Waals surface area contributed by atoms with E-state index in [1.165, 1.54) is 0 Å². The van der Waals surface area contributed by atoms with E-state index in [9.17, 15) is 9.59 Å². The molecular weight excluding hydrogens is 258 g/mol. The Hall–Kier alpha value is -1.72. The molecule has 0 spiro atoms. The number of benzene rings is 1. The zero-order valence-electron chi connectivity index (χ0n) is 11.9. The third-order valence-electron chi connectivity index (χ3n) is 2.82. The lowest BCUT2D eigenvalue weighted by Crippen LogP contribution is -2.32. The van der Waals surface area contributed by atoms with Crippen LogP contribution in [0.1, 0.15) is 16.8 Å². The number of rotatable bonds is 9. The second-order valence-electron chi connectivity index (χ2n) is 4.55. The van der Waals surface area contributed by atoms with Gasteiger partial charge in [0.2, 0.25) is 5.91 Å². The van der Waals surface area contributed by atoms with Gasteiger partial charge in [0.05, 0.1) is 19.8 Å². The van der Waals surface area contributed by atoms with Crippen LogP contribution in [-0.2, 0) is 14.3 Å². The summed E-state index contributed by atoms with van der Waals surface area (Å²) < 4.78 is 10.1. The minimum Gasteiger partial charge on any atom is -0.384 e. The molecule has 5 heteroatoms. The Morgan fingerprint density at radius 2 is 1.70 bits per heavy atom. The SMILES string of the molecule is COCC(COC)CC(=O)NCC(=O)c1ccccc1. The highest BCUT2D eigenvalue weighted by Gasteiger charge is 2.14. The molecule has 110 valence electrons. The van der Waals surface area contributed by atoms with Gasteiger partial charge < -0.3 is 14.8 Å². The Morgan fingerprint density at radius 1 is 1.10 bits per heavy atom. The Bertz CT molecular complexity index is 413. The van der Waals surface area contributed by atoms with Crippen molar-refractivity contribution in [2.24, 2.45) is 5.92 Å². The van der Waals surface area contributed by atoms with E-state index in [0.29, 0.717) is 18.8 Å². The van der Waals surface area contributed by atoms with Crippen molar-refractivity contribution in [2.45, 2.75) is 6.42 Å². The van der Waals surface area contributed by atoms with E-state index in [-0.39, 0.29) is 30.6 Å². The molecule has 1 aromatic carbocycles. The molecule has 0 saturated heterocycles. The Labute approximate surface area is 119 Å². The summed E-state index contributed by atoms with van der Waals surface area (Å²) in [6, 6.07) is 8.89. The first-order valence-corrected chi connectivity index (χ1v) is 6.50. The fraction of sp³-hybridized carbons (Fsp3) is 0.467. The zero-order chi connectivity index (χ0) is 14.8. The fourth-order valence-corrected chi connectivity index (χ4v) is 1.88. The van der Waals surface area contributed by atoms with Crippen LogP contribution in [0, 0.1) is 5.92 Å². The predicted molar refractivity (Wildman–Crippen MR) is 75.6 cm³/mol. The molecule has 0 aliphatic carbocycles. The largest absolute Gasteiger partial charge is 0.384 e. The van der Waals surface area contributed by atoms with Gasteiger partial charge in [-0.25, -0.2) is 0 Å². The van der Waals surface area contributed by atoms with Gasteiger partial charge in [0, 0.05) is 32.1 Å². The number of hydrogen-bond acceptors (Lipinski definition) is 4. The lowest BCUT2D eigenvalue weighted by atomic mass is 10.1. The molecule has 1 amide bonds. The van der Waals surface area contributed by atoms with Gasteiger partial charge in [0.15, 0.2) is 5.78 Å². The van der Waals surface area contributed by atoms with Crippen LogP contribution >= 0.6 is 0 Å². The lowest BCUT2D eigenvalue weighted by Gasteiger charge is -2.14. The molecule has 0 heterocycles. The molecule has 20 heavy (non-hydrogen) atoms. The van der Waals surface area contributed by atoms with E-state index in [1.54, 1.807) is 38.5 Å². The first kappa shape index (κ1) is 16.3. The maximum atomic E-state index is 11.8. The average Bonchev–Trinajstić information content (AvgIpc) is 2.46. The van der Waals surface area contributed by atoms with Crippen LogP contribution in [0.15, 0.2) is 30.3 Å². The number of hydrogen-bond donors (Lipinski definition) is 1. The molecule has 1 N–H and O–H groups in total. The highest BCUT2D eigenvalue weighted by molar-refractivity contribution is 5.99. The van der Waals surface area contributed by atoms with E-state index in [2.05, 4.69) is 5.32 Å². The van der Waals surface area contributed by atoms with Crippen LogP contribution in [-0.4, -0.2) is 45.7 Å². The maximum absolute atomic E-state index is 11.8. The van der Waals surface area contributed by atoms with Gasteiger partial charge >= 0.3 is 0 Å². The number of amides is 1. The topological polar surface area (TPSA) is 64.6 Å². The van der Waals surface area contributed by atoms with E-state index >= 15 is 0 Å². The average molecular weight is 279 g/mol. The number of ketones is 1. The van der Waals surface area contributed by atoms with Gasteiger partial charge in [0.1, 0.15) is 0 Å². The number of carbonyl (C=O) groups excluding carboxylic acids is 2. The molecule has 0 saturated carbocycles. The third kappa shape index (κ3) is 5.95. The number of ether oxygens (including phenoxy) is 2. The summed E-state index contributed by atoms with van der Waals surface area (Å²) in [4.78, 5) is 23.6. The molecule has 5 nitrogen and oxygen atoms in total. The summed E-state index contributed by atoms with van der Waals surface area (Å²) in [7, 11) is 3.17. The van der Waals surface area contributed by atoms with Crippen LogP contribution in [0.4, 0.5) is 0 Å².